The number of hydrogen-bond acceptors (Lipinski definition) is 6. The summed E-state index contributed by atoms with van der Waals surface area (Å²) in [5.74, 6) is 0. The molecule has 0 spiro atoms. The van der Waals surface area contributed by atoms with Crippen LogP contribution in [0.4, 0.5) is 0 Å². The first-order chi connectivity index (χ1) is 12.3. The molecule has 2 N–H and O–H groups in total. The Bertz CT molecular complexity index is 1140. The molecule has 0 bridgehead atoms. The minimum atomic E-state index is -4.48. The molecule has 10 nitrogen and oxygen atoms in total. The Balaban J connectivity index is 0.00000261. The molecule has 2 aromatic heterocycles. The second-order valence-electron chi connectivity index (χ2n) is 5.64. The molecule has 3 rings (SSSR count). The van der Waals surface area contributed by atoms with Crippen LogP contribution in [0.2, 0.25) is 0 Å². The maximum atomic E-state index is 12.2. The predicted molar refractivity (Wildman–Crippen MR) is 92.9 cm³/mol. The number of aromatic amines is 1. The van der Waals surface area contributed by atoms with Crippen LogP contribution in [0.25, 0.3) is 16.7 Å². The number of imidazole rings is 1. The van der Waals surface area contributed by atoms with Crippen LogP contribution in [0.5, 0.6) is 0 Å². The number of nitrogens with one attached hydrogen (secondary N) is 2. The molecule has 0 aliphatic rings. The quantitative estimate of drug-likeness (QED) is 0.184. The number of aromatic nitrogens is 4. The van der Waals surface area contributed by atoms with Crippen molar-refractivity contribution in [2.24, 2.45) is 0 Å². The molecule has 3 aromatic rings. The zero-order chi connectivity index (χ0) is 18.7. The number of unbranched alkanes of at least 4 members (excludes halogenated alkanes) is 1. The van der Waals surface area contributed by atoms with Crippen LogP contribution < -0.4 is 45.4 Å². The summed E-state index contributed by atoms with van der Waals surface area (Å²) in [6.45, 7) is 0.190. The van der Waals surface area contributed by atoms with Gasteiger partial charge >= 0.3 is 40.7 Å². The second kappa shape index (κ2) is 8.95. The fraction of sp³-hybridized carbons (Fsp3) is 0.267. The van der Waals surface area contributed by atoms with Gasteiger partial charge in [0.15, 0.2) is 10.3 Å². The molecule has 2 heterocycles. The van der Waals surface area contributed by atoms with Crippen molar-refractivity contribution >= 4 is 21.3 Å². The zero-order valence-corrected chi connectivity index (χ0v) is 17.4. The van der Waals surface area contributed by atoms with Gasteiger partial charge in [-0.25, -0.2) is 18.1 Å². The largest absolute Gasteiger partial charge is 1.00 e. The van der Waals surface area contributed by atoms with E-state index in [1.54, 1.807) is 41.5 Å². The first-order valence-corrected chi connectivity index (χ1v) is 9.22. The Morgan fingerprint density at radius 1 is 1.22 bits per heavy atom. The van der Waals surface area contributed by atoms with Crippen LogP contribution in [-0.4, -0.2) is 38.6 Å². The van der Waals surface area contributed by atoms with E-state index in [4.69, 9.17) is 0 Å². The second-order valence-corrected chi connectivity index (χ2v) is 6.83. The van der Waals surface area contributed by atoms with Crippen molar-refractivity contribution < 1.29 is 42.5 Å². The molecule has 0 aliphatic carbocycles. The number of H-pyrrole nitrogens is 1. The molecule has 0 amide bonds. The average Bonchev–Trinajstić information content (AvgIpc) is 3.11. The third-order valence-corrected chi connectivity index (χ3v) is 4.41. The molecule has 1 aromatic carbocycles. The minimum absolute atomic E-state index is 0. The van der Waals surface area contributed by atoms with Gasteiger partial charge < -0.3 is 18.7 Å². The van der Waals surface area contributed by atoms with Crippen LogP contribution in [0, 0.1) is 0 Å². The van der Waals surface area contributed by atoms with Crippen molar-refractivity contribution in [3.63, 3.8) is 0 Å². The van der Waals surface area contributed by atoms with Crippen molar-refractivity contribution in [1.29, 1.82) is 0 Å². The van der Waals surface area contributed by atoms with E-state index in [0.717, 1.165) is 5.69 Å². The molecule has 138 valence electrons. The van der Waals surface area contributed by atoms with Gasteiger partial charge in [-0.3, -0.25) is 9.59 Å². The summed E-state index contributed by atoms with van der Waals surface area (Å²) in [6, 6.07) is 5.25. The van der Waals surface area contributed by atoms with E-state index in [9.17, 15) is 22.6 Å². The topological polar surface area (TPSA) is 142 Å². The Hall–Kier alpha value is -1.76. The van der Waals surface area contributed by atoms with E-state index in [-0.39, 0.29) is 42.6 Å². The van der Waals surface area contributed by atoms with E-state index >= 15 is 0 Å². The maximum absolute atomic E-state index is 12.2. The number of nitrogens with zero attached hydrogens (tertiary/aromatic N) is 3. The number of benzene rings is 1. The third-order valence-electron chi connectivity index (χ3n) is 3.85. The molecule has 27 heavy (non-hydrogen) atoms. The summed E-state index contributed by atoms with van der Waals surface area (Å²) >= 11 is 0. The average molecular weight is 401 g/mol. The van der Waals surface area contributed by atoms with Gasteiger partial charge in [-0.05, 0) is 31.0 Å². The Morgan fingerprint density at radius 3 is 2.67 bits per heavy atom. The Labute approximate surface area is 176 Å². The van der Waals surface area contributed by atoms with E-state index in [1.165, 1.54) is 4.57 Å². The van der Waals surface area contributed by atoms with Crippen LogP contribution in [0.1, 0.15) is 12.8 Å². The summed E-state index contributed by atoms with van der Waals surface area (Å²) in [6.07, 6.45) is 5.76. The molecule has 0 atom stereocenters. The van der Waals surface area contributed by atoms with Gasteiger partial charge in [0.25, 0.3) is 0 Å². The summed E-state index contributed by atoms with van der Waals surface area (Å²) in [5.41, 5.74) is 0.413. The first-order valence-electron chi connectivity index (χ1n) is 7.81. The minimum Gasteiger partial charge on any atom is -0.735 e. The first kappa shape index (κ1) is 21.5. The summed E-state index contributed by atoms with van der Waals surface area (Å²) < 4.78 is 36.5. The van der Waals surface area contributed by atoms with Gasteiger partial charge in [-0.1, -0.05) is 0 Å². The molecular weight excluding hydrogens is 385 g/mol. The van der Waals surface area contributed by atoms with Crippen molar-refractivity contribution in [3.05, 3.63) is 57.6 Å². The third kappa shape index (κ3) is 5.37. The molecular formula is C15H16N5NaO5S. The van der Waals surface area contributed by atoms with Crippen molar-refractivity contribution in [1.82, 2.24) is 23.8 Å². The van der Waals surface area contributed by atoms with E-state index in [1.807, 2.05) is 4.72 Å². The smallest absolute Gasteiger partial charge is 0.735 e. The zero-order valence-electron chi connectivity index (χ0n) is 14.6. The maximum Gasteiger partial charge on any atom is 1.00 e. The predicted octanol–water partition coefficient (Wildman–Crippen LogP) is -3.29. The standard InChI is InChI=1S/C15H17N5O5S.Na/c21-14-15(22)20(7-2-1-5-17-26(23,24)25)13-9-11(3-4-12(13)18-14)19-8-6-16-10-19;/h3-4,6,8-10,17H,1-2,5,7H2,(H,18,21)(H,23,24,25);/q;+1/p-1. The fourth-order valence-electron chi connectivity index (χ4n) is 2.64. The SMILES string of the molecule is O=c1[nH]c2ccc(-n3ccnc3)cc2n(CCCCNS(=O)(=O)[O-])c1=O.[Na+]. The molecule has 0 saturated carbocycles. The van der Waals surface area contributed by atoms with Crippen LogP contribution in [0.15, 0.2) is 46.5 Å². The number of fused-ring (bicyclic) bond motifs is 1. The molecule has 0 fully saturated rings. The number of hydrogen-bond donors (Lipinski definition) is 2. The van der Waals surface area contributed by atoms with E-state index in [2.05, 4.69) is 9.97 Å². The van der Waals surface area contributed by atoms with Crippen LogP contribution >= 0.6 is 0 Å². The molecule has 0 saturated heterocycles. The van der Waals surface area contributed by atoms with Gasteiger partial charge in [0.1, 0.15) is 0 Å². The van der Waals surface area contributed by atoms with Crippen molar-refractivity contribution in [2.75, 3.05) is 6.54 Å². The van der Waals surface area contributed by atoms with Crippen molar-refractivity contribution in [3.8, 4) is 5.69 Å². The summed E-state index contributed by atoms with van der Waals surface area (Å²) in [5, 5.41) is 0. The van der Waals surface area contributed by atoms with Gasteiger partial charge in [0, 0.05) is 31.2 Å². The molecule has 0 radical (unpaired) electrons. The summed E-state index contributed by atoms with van der Waals surface area (Å²) in [7, 11) is -4.48. The molecule has 12 heteroatoms. The monoisotopic (exact) mass is 401 g/mol. The van der Waals surface area contributed by atoms with Gasteiger partial charge in [-0.15, -0.1) is 0 Å². The van der Waals surface area contributed by atoms with E-state index < -0.39 is 21.4 Å². The Kier molecular flexibility index (Phi) is 7.14. The van der Waals surface area contributed by atoms with Gasteiger partial charge in [0.05, 0.1) is 17.4 Å². The van der Waals surface area contributed by atoms with Gasteiger partial charge in [0.2, 0.25) is 0 Å². The van der Waals surface area contributed by atoms with Crippen molar-refractivity contribution in [2.45, 2.75) is 19.4 Å². The normalized spacial score (nSPS) is 11.4. The fourth-order valence-corrected chi connectivity index (χ4v) is 3.04. The number of rotatable bonds is 7. The van der Waals surface area contributed by atoms with E-state index in [0.29, 0.717) is 23.9 Å². The molecule has 0 unspecified atom stereocenters. The summed E-state index contributed by atoms with van der Waals surface area (Å²) in [4.78, 5) is 30.6. The van der Waals surface area contributed by atoms with Gasteiger partial charge in [-0.2, -0.15) is 0 Å². The number of aryl methyl sites for hydroxylation is 1. The van der Waals surface area contributed by atoms with Crippen LogP contribution in [0.3, 0.4) is 0 Å². The van der Waals surface area contributed by atoms with Crippen LogP contribution in [-0.2, 0) is 16.8 Å². The Morgan fingerprint density at radius 2 is 2.00 bits per heavy atom. The molecule has 0 aliphatic heterocycles.